The maximum absolute atomic E-state index is 12.4. The fraction of sp³-hybridized carbons (Fsp3) is 0.545. The number of ether oxygens (including phenoxy) is 6. The summed E-state index contributed by atoms with van der Waals surface area (Å²) in [4.78, 5) is 47.8. The van der Waals surface area contributed by atoms with Gasteiger partial charge in [-0.3, -0.25) is 14.4 Å². The van der Waals surface area contributed by atoms with Gasteiger partial charge < -0.3 is 28.4 Å². The monoisotopic (exact) mass is 452 g/mol. The van der Waals surface area contributed by atoms with Crippen LogP contribution in [0.1, 0.15) is 31.9 Å². The minimum atomic E-state index is -1.39. The Morgan fingerprint density at radius 2 is 1.28 bits per heavy atom. The van der Waals surface area contributed by atoms with Crippen LogP contribution in [0.25, 0.3) is 0 Å². The van der Waals surface area contributed by atoms with Crippen molar-refractivity contribution in [3.8, 4) is 0 Å². The molecule has 32 heavy (non-hydrogen) atoms. The molecule has 1 aromatic carbocycles. The summed E-state index contributed by atoms with van der Waals surface area (Å²) in [6, 6.07) is 7.42. The van der Waals surface area contributed by atoms with E-state index in [4.69, 9.17) is 28.4 Å². The smallest absolute Gasteiger partial charge is 0.339 e. The van der Waals surface area contributed by atoms with E-state index in [9.17, 15) is 19.2 Å². The van der Waals surface area contributed by atoms with Gasteiger partial charge in [-0.25, -0.2) is 4.79 Å². The standard InChI is InChI=1S/C22H28O10/c1-12(23)29-18-17(10-15-6-8-16(9-7-15)11-27-4)32-21(22(26)28-5)20(31-14(3)25)19(18)30-13(2)24/h6-9,17-21H,10-11H2,1-5H3/t17-,18?,19+,20+,21?/m0/s1. The lowest BCUT2D eigenvalue weighted by atomic mass is 9.90. The second kappa shape index (κ2) is 11.6. The first-order valence-electron chi connectivity index (χ1n) is 9.98. The van der Waals surface area contributed by atoms with Gasteiger partial charge in [0.15, 0.2) is 24.4 Å². The highest BCUT2D eigenvalue weighted by molar-refractivity contribution is 5.77. The molecule has 0 aliphatic carbocycles. The number of carbonyl (C=O) groups is 4. The van der Waals surface area contributed by atoms with Crippen molar-refractivity contribution in [2.75, 3.05) is 14.2 Å². The highest BCUT2D eigenvalue weighted by atomic mass is 16.7. The van der Waals surface area contributed by atoms with Gasteiger partial charge in [-0.15, -0.1) is 0 Å². The minimum Gasteiger partial charge on any atom is -0.467 e. The number of rotatable bonds is 8. The second-order valence-corrected chi connectivity index (χ2v) is 7.29. The summed E-state index contributed by atoms with van der Waals surface area (Å²) >= 11 is 0. The zero-order valence-electron chi connectivity index (χ0n) is 18.7. The number of esters is 4. The molecule has 2 unspecified atom stereocenters. The zero-order valence-corrected chi connectivity index (χ0v) is 18.7. The lowest BCUT2D eigenvalue weighted by Crippen LogP contribution is -2.63. The third kappa shape index (κ3) is 6.76. The van der Waals surface area contributed by atoms with Gasteiger partial charge in [0.25, 0.3) is 0 Å². The van der Waals surface area contributed by atoms with Crippen LogP contribution in [0, 0.1) is 0 Å². The van der Waals surface area contributed by atoms with Crippen LogP contribution >= 0.6 is 0 Å². The molecule has 0 amide bonds. The summed E-state index contributed by atoms with van der Waals surface area (Å²) in [5.74, 6) is -2.93. The first-order chi connectivity index (χ1) is 15.2. The molecule has 176 valence electrons. The van der Waals surface area contributed by atoms with E-state index in [0.29, 0.717) is 6.61 Å². The first-order valence-corrected chi connectivity index (χ1v) is 9.98. The lowest BCUT2D eigenvalue weighted by molar-refractivity contribution is -0.248. The Morgan fingerprint density at radius 3 is 1.78 bits per heavy atom. The van der Waals surface area contributed by atoms with Gasteiger partial charge in [0, 0.05) is 34.3 Å². The fourth-order valence-electron chi connectivity index (χ4n) is 3.54. The summed E-state index contributed by atoms with van der Waals surface area (Å²) in [7, 11) is 2.74. The summed E-state index contributed by atoms with van der Waals surface area (Å²) < 4.78 is 31.8. The van der Waals surface area contributed by atoms with E-state index in [2.05, 4.69) is 0 Å². The van der Waals surface area contributed by atoms with E-state index in [1.54, 1.807) is 7.11 Å². The van der Waals surface area contributed by atoms with Crippen LogP contribution in [-0.2, 0) is 60.6 Å². The van der Waals surface area contributed by atoms with Crippen molar-refractivity contribution < 1.29 is 47.6 Å². The van der Waals surface area contributed by atoms with Gasteiger partial charge in [0.2, 0.25) is 0 Å². The van der Waals surface area contributed by atoms with Gasteiger partial charge in [-0.05, 0) is 11.1 Å². The molecule has 0 N–H and O–H groups in total. The minimum absolute atomic E-state index is 0.212. The Labute approximate surface area is 186 Å². The highest BCUT2D eigenvalue weighted by Gasteiger charge is 2.54. The quantitative estimate of drug-likeness (QED) is 0.418. The van der Waals surface area contributed by atoms with E-state index in [-0.39, 0.29) is 6.42 Å². The van der Waals surface area contributed by atoms with E-state index in [1.807, 2.05) is 24.3 Å². The number of hydrogen-bond acceptors (Lipinski definition) is 10. The van der Waals surface area contributed by atoms with Crippen molar-refractivity contribution in [1.82, 2.24) is 0 Å². The largest absolute Gasteiger partial charge is 0.467 e. The number of methoxy groups -OCH3 is 2. The Morgan fingerprint density at radius 1 is 0.781 bits per heavy atom. The lowest BCUT2D eigenvalue weighted by Gasteiger charge is -2.43. The molecule has 1 fully saturated rings. The average molecular weight is 452 g/mol. The molecular formula is C22H28O10. The van der Waals surface area contributed by atoms with Crippen molar-refractivity contribution in [2.45, 2.75) is 64.3 Å². The molecule has 0 radical (unpaired) electrons. The molecule has 1 aromatic rings. The zero-order chi connectivity index (χ0) is 23.8. The Bertz CT molecular complexity index is 819. The molecule has 1 aliphatic heterocycles. The molecule has 5 atom stereocenters. The summed E-state index contributed by atoms with van der Waals surface area (Å²) in [5, 5.41) is 0. The van der Waals surface area contributed by atoms with Gasteiger partial charge >= 0.3 is 23.9 Å². The maximum Gasteiger partial charge on any atom is 0.339 e. The number of benzene rings is 1. The Balaban J connectivity index is 2.44. The van der Waals surface area contributed by atoms with Gasteiger partial charge in [-0.1, -0.05) is 24.3 Å². The number of hydrogen-bond donors (Lipinski definition) is 0. The third-order valence-electron chi connectivity index (χ3n) is 4.74. The molecule has 0 aromatic heterocycles. The molecule has 0 bridgehead atoms. The summed E-state index contributed by atoms with van der Waals surface area (Å²) in [5.41, 5.74) is 1.76. The number of carbonyl (C=O) groups excluding carboxylic acids is 4. The van der Waals surface area contributed by atoms with E-state index in [0.717, 1.165) is 32.1 Å². The highest BCUT2D eigenvalue weighted by Crippen LogP contribution is 2.31. The predicted octanol–water partition coefficient (Wildman–Crippen LogP) is 1.11. The second-order valence-electron chi connectivity index (χ2n) is 7.29. The van der Waals surface area contributed by atoms with Crippen LogP contribution in [0.2, 0.25) is 0 Å². The molecule has 1 heterocycles. The van der Waals surface area contributed by atoms with Crippen LogP contribution in [0.5, 0.6) is 0 Å². The van der Waals surface area contributed by atoms with Crippen LogP contribution in [0.15, 0.2) is 24.3 Å². The van der Waals surface area contributed by atoms with Crippen LogP contribution in [0.3, 0.4) is 0 Å². The Hall–Kier alpha value is -2.98. The molecule has 0 spiro atoms. The van der Waals surface area contributed by atoms with Gasteiger partial charge in [0.05, 0.1) is 13.7 Å². The van der Waals surface area contributed by atoms with E-state index in [1.165, 1.54) is 6.92 Å². The predicted molar refractivity (Wildman–Crippen MR) is 108 cm³/mol. The van der Waals surface area contributed by atoms with Gasteiger partial charge in [0.1, 0.15) is 6.10 Å². The normalized spacial score (nSPS) is 24.8. The average Bonchev–Trinajstić information content (AvgIpc) is 2.72. The summed E-state index contributed by atoms with van der Waals surface area (Å²) in [6.07, 6.45) is -5.86. The molecule has 10 nitrogen and oxygen atoms in total. The van der Waals surface area contributed by atoms with Crippen LogP contribution in [0.4, 0.5) is 0 Å². The van der Waals surface area contributed by atoms with Crippen LogP contribution in [-0.4, -0.2) is 68.6 Å². The molecule has 1 saturated heterocycles. The van der Waals surface area contributed by atoms with Crippen molar-refractivity contribution in [3.05, 3.63) is 35.4 Å². The molecule has 0 saturated carbocycles. The molecular weight excluding hydrogens is 424 g/mol. The summed E-state index contributed by atoms with van der Waals surface area (Å²) in [6.45, 7) is 3.92. The van der Waals surface area contributed by atoms with Gasteiger partial charge in [-0.2, -0.15) is 0 Å². The van der Waals surface area contributed by atoms with Crippen molar-refractivity contribution in [3.63, 3.8) is 0 Å². The van der Waals surface area contributed by atoms with Crippen molar-refractivity contribution >= 4 is 23.9 Å². The molecule has 1 aliphatic rings. The topological polar surface area (TPSA) is 124 Å². The maximum atomic E-state index is 12.4. The first kappa shape index (κ1) is 25.3. The van der Waals surface area contributed by atoms with Crippen LogP contribution < -0.4 is 0 Å². The van der Waals surface area contributed by atoms with E-state index >= 15 is 0 Å². The van der Waals surface area contributed by atoms with E-state index < -0.39 is 54.4 Å². The fourth-order valence-corrected chi connectivity index (χ4v) is 3.54. The molecule has 2 rings (SSSR count). The van der Waals surface area contributed by atoms with Crippen molar-refractivity contribution in [2.24, 2.45) is 0 Å². The Kier molecular flexibility index (Phi) is 9.15. The van der Waals surface area contributed by atoms with Crippen molar-refractivity contribution in [1.29, 1.82) is 0 Å². The molecule has 10 heteroatoms. The SMILES string of the molecule is COCc1ccc(C[C@@H]2OC(C(=O)OC)[C@H](OC(C)=O)[C@H](OC(C)=O)C2OC(C)=O)cc1. The third-order valence-corrected chi connectivity index (χ3v) is 4.74.